The minimum atomic E-state index is -4.60. The number of alkyl halides is 3. The highest BCUT2D eigenvalue weighted by Gasteiger charge is 2.34. The summed E-state index contributed by atoms with van der Waals surface area (Å²) >= 11 is 0. The molecule has 0 atom stereocenters. The zero-order chi connectivity index (χ0) is 15.6. The fourth-order valence-electron chi connectivity index (χ4n) is 1.91. The summed E-state index contributed by atoms with van der Waals surface area (Å²) in [5, 5.41) is 9.05. The van der Waals surface area contributed by atoms with Gasteiger partial charge < -0.3 is 9.84 Å². The van der Waals surface area contributed by atoms with Crippen LogP contribution in [0, 0.1) is 0 Å². The maximum absolute atomic E-state index is 13.0. The number of aromatic nitrogens is 1. The Morgan fingerprint density at radius 2 is 2.00 bits per heavy atom. The molecule has 4 nitrogen and oxygen atoms in total. The monoisotopic (exact) mass is 297 g/mol. The molecule has 1 aromatic carbocycles. The summed E-state index contributed by atoms with van der Waals surface area (Å²) in [4.78, 5) is 14.8. The molecule has 0 amide bonds. The Kier molecular flexibility index (Phi) is 3.84. The second-order valence-corrected chi connectivity index (χ2v) is 4.12. The number of pyridine rings is 1. The second kappa shape index (κ2) is 5.43. The molecule has 0 aliphatic carbocycles. The molecule has 0 spiro atoms. The summed E-state index contributed by atoms with van der Waals surface area (Å²) in [7, 11) is 1.14. The smallest absolute Gasteiger partial charge is 0.419 e. The van der Waals surface area contributed by atoms with Crippen molar-refractivity contribution in [2.45, 2.75) is 6.18 Å². The third kappa shape index (κ3) is 2.96. The number of carboxylic acids is 1. The first-order chi connectivity index (χ1) is 9.84. The van der Waals surface area contributed by atoms with Crippen LogP contribution in [-0.4, -0.2) is 23.2 Å². The van der Waals surface area contributed by atoms with Crippen LogP contribution < -0.4 is 4.74 Å². The zero-order valence-corrected chi connectivity index (χ0v) is 10.8. The first-order valence-corrected chi connectivity index (χ1v) is 5.78. The summed E-state index contributed by atoms with van der Waals surface area (Å²) in [5.74, 6) is -1.64. The third-order valence-electron chi connectivity index (χ3n) is 2.83. The number of halogens is 3. The SMILES string of the molecule is COc1ccc(-c2cccnc2C(=O)O)cc1C(F)(F)F. The standard InChI is InChI=1S/C14H10F3NO3/c1-21-11-5-4-8(7-10(11)14(15,16)17)9-3-2-6-18-12(9)13(19)20/h2-7H,1H3,(H,19,20). The van der Waals surface area contributed by atoms with Gasteiger partial charge in [0, 0.05) is 11.8 Å². The van der Waals surface area contributed by atoms with Crippen LogP contribution in [0.25, 0.3) is 11.1 Å². The average Bonchev–Trinajstić information content (AvgIpc) is 2.45. The summed E-state index contributed by atoms with van der Waals surface area (Å²) < 4.78 is 43.6. The largest absolute Gasteiger partial charge is 0.496 e. The number of ether oxygens (including phenoxy) is 1. The molecule has 2 aromatic rings. The van der Waals surface area contributed by atoms with Crippen molar-refractivity contribution in [2.75, 3.05) is 7.11 Å². The molecule has 0 aliphatic heterocycles. The first-order valence-electron chi connectivity index (χ1n) is 5.78. The van der Waals surface area contributed by atoms with Crippen molar-refractivity contribution < 1.29 is 27.8 Å². The maximum atomic E-state index is 13.0. The summed E-state index contributed by atoms with van der Waals surface area (Å²) in [5.41, 5.74) is -1.06. The van der Waals surface area contributed by atoms with Crippen molar-refractivity contribution in [3.05, 3.63) is 47.8 Å². The van der Waals surface area contributed by atoms with Crippen molar-refractivity contribution in [1.82, 2.24) is 4.98 Å². The van der Waals surface area contributed by atoms with Crippen molar-refractivity contribution in [1.29, 1.82) is 0 Å². The van der Waals surface area contributed by atoms with Gasteiger partial charge in [-0.15, -0.1) is 0 Å². The van der Waals surface area contributed by atoms with E-state index in [1.54, 1.807) is 0 Å². The van der Waals surface area contributed by atoms with Crippen molar-refractivity contribution in [3.8, 4) is 16.9 Å². The molecule has 0 aliphatic rings. The summed E-state index contributed by atoms with van der Waals surface area (Å²) in [6.07, 6.45) is -3.34. The van der Waals surface area contributed by atoms with Gasteiger partial charge in [-0.3, -0.25) is 0 Å². The Morgan fingerprint density at radius 1 is 1.29 bits per heavy atom. The highest BCUT2D eigenvalue weighted by Crippen LogP contribution is 2.38. The van der Waals surface area contributed by atoms with E-state index in [9.17, 15) is 18.0 Å². The predicted molar refractivity (Wildman–Crippen MR) is 68.2 cm³/mol. The van der Waals surface area contributed by atoms with Crippen molar-refractivity contribution in [3.63, 3.8) is 0 Å². The van der Waals surface area contributed by atoms with E-state index in [2.05, 4.69) is 9.72 Å². The van der Waals surface area contributed by atoms with Gasteiger partial charge in [-0.05, 0) is 23.8 Å². The molecule has 0 saturated carbocycles. The molecule has 0 saturated heterocycles. The van der Waals surface area contributed by atoms with E-state index in [0.717, 1.165) is 19.2 Å². The molecule has 110 valence electrons. The van der Waals surface area contributed by atoms with E-state index in [1.165, 1.54) is 24.4 Å². The van der Waals surface area contributed by atoms with E-state index < -0.39 is 17.7 Å². The van der Waals surface area contributed by atoms with Gasteiger partial charge >= 0.3 is 12.1 Å². The molecule has 0 unspecified atom stereocenters. The van der Waals surface area contributed by atoms with Crippen LogP contribution in [0.2, 0.25) is 0 Å². The summed E-state index contributed by atoms with van der Waals surface area (Å²) in [6, 6.07) is 6.22. The minimum absolute atomic E-state index is 0.105. The van der Waals surface area contributed by atoms with Crippen molar-refractivity contribution >= 4 is 5.97 Å². The van der Waals surface area contributed by atoms with Gasteiger partial charge in [0.15, 0.2) is 5.69 Å². The molecule has 2 rings (SSSR count). The predicted octanol–water partition coefficient (Wildman–Crippen LogP) is 3.47. The number of benzene rings is 1. The van der Waals surface area contributed by atoms with Gasteiger partial charge in [0.25, 0.3) is 0 Å². The van der Waals surface area contributed by atoms with E-state index in [1.807, 2.05) is 0 Å². The molecular formula is C14H10F3NO3. The van der Waals surface area contributed by atoms with E-state index >= 15 is 0 Å². The van der Waals surface area contributed by atoms with Gasteiger partial charge in [-0.2, -0.15) is 13.2 Å². The highest BCUT2D eigenvalue weighted by molar-refractivity contribution is 5.93. The van der Waals surface area contributed by atoms with Gasteiger partial charge in [0.1, 0.15) is 5.75 Å². The van der Waals surface area contributed by atoms with Gasteiger partial charge in [-0.1, -0.05) is 12.1 Å². The lowest BCUT2D eigenvalue weighted by atomic mass is 10.0. The Labute approximate surface area is 117 Å². The quantitative estimate of drug-likeness (QED) is 0.942. The third-order valence-corrected chi connectivity index (χ3v) is 2.83. The van der Waals surface area contributed by atoms with Crippen LogP contribution in [-0.2, 0) is 6.18 Å². The molecule has 0 fully saturated rings. The number of hydrogen-bond acceptors (Lipinski definition) is 3. The van der Waals surface area contributed by atoms with E-state index in [4.69, 9.17) is 5.11 Å². The van der Waals surface area contributed by atoms with E-state index in [-0.39, 0.29) is 22.6 Å². The topological polar surface area (TPSA) is 59.4 Å². The molecule has 0 radical (unpaired) electrons. The van der Waals surface area contributed by atoms with Crippen LogP contribution in [0.5, 0.6) is 5.75 Å². The molecule has 21 heavy (non-hydrogen) atoms. The Balaban J connectivity index is 2.64. The number of carbonyl (C=O) groups is 1. The molecular weight excluding hydrogens is 287 g/mol. The lowest BCUT2D eigenvalue weighted by molar-refractivity contribution is -0.138. The molecule has 1 N–H and O–H groups in total. The number of methoxy groups -OCH3 is 1. The van der Waals surface area contributed by atoms with Gasteiger partial charge in [0.05, 0.1) is 12.7 Å². The number of nitrogens with zero attached hydrogens (tertiary/aromatic N) is 1. The van der Waals surface area contributed by atoms with Crippen LogP contribution >= 0.6 is 0 Å². The lowest BCUT2D eigenvalue weighted by Crippen LogP contribution is -2.08. The maximum Gasteiger partial charge on any atom is 0.419 e. The van der Waals surface area contributed by atoms with Gasteiger partial charge in [-0.25, -0.2) is 9.78 Å². The van der Waals surface area contributed by atoms with Crippen LogP contribution in [0.3, 0.4) is 0 Å². The fraction of sp³-hybridized carbons (Fsp3) is 0.143. The highest BCUT2D eigenvalue weighted by atomic mass is 19.4. The van der Waals surface area contributed by atoms with E-state index in [0.29, 0.717) is 0 Å². The number of aromatic carboxylic acids is 1. The number of rotatable bonds is 3. The van der Waals surface area contributed by atoms with Gasteiger partial charge in [0.2, 0.25) is 0 Å². The summed E-state index contributed by atoms with van der Waals surface area (Å²) in [6.45, 7) is 0. The Hall–Kier alpha value is -2.57. The lowest BCUT2D eigenvalue weighted by Gasteiger charge is -2.14. The Bertz CT molecular complexity index is 683. The fourth-order valence-corrected chi connectivity index (χ4v) is 1.91. The molecule has 0 bridgehead atoms. The zero-order valence-electron chi connectivity index (χ0n) is 10.8. The molecule has 7 heteroatoms. The molecule has 1 aromatic heterocycles. The van der Waals surface area contributed by atoms with Crippen LogP contribution in [0.1, 0.15) is 16.1 Å². The van der Waals surface area contributed by atoms with Crippen LogP contribution in [0.4, 0.5) is 13.2 Å². The Morgan fingerprint density at radius 3 is 2.57 bits per heavy atom. The average molecular weight is 297 g/mol. The normalized spacial score (nSPS) is 11.2. The second-order valence-electron chi connectivity index (χ2n) is 4.12. The number of carboxylic acid groups (broad SMARTS) is 1. The van der Waals surface area contributed by atoms with Crippen molar-refractivity contribution in [2.24, 2.45) is 0 Å². The number of hydrogen-bond donors (Lipinski definition) is 1. The first kappa shape index (κ1) is 14.8. The van der Waals surface area contributed by atoms with Crippen LogP contribution in [0.15, 0.2) is 36.5 Å². The minimum Gasteiger partial charge on any atom is -0.496 e. The molecule has 1 heterocycles.